The largest absolute Gasteiger partial charge is 0.491 e. The maximum absolute atomic E-state index is 6.30. The van der Waals surface area contributed by atoms with Crippen molar-refractivity contribution < 1.29 is 4.74 Å². The summed E-state index contributed by atoms with van der Waals surface area (Å²) in [5.41, 5.74) is 3.47. The fraction of sp³-hybridized carbons (Fsp3) is 0.250. The van der Waals surface area contributed by atoms with E-state index in [2.05, 4.69) is 39.0 Å². The van der Waals surface area contributed by atoms with Gasteiger partial charge < -0.3 is 9.64 Å². The minimum atomic E-state index is 0.689. The predicted molar refractivity (Wildman–Crippen MR) is 87.1 cm³/mol. The van der Waals surface area contributed by atoms with Crippen LogP contribution in [-0.2, 0) is 11.9 Å². The van der Waals surface area contributed by atoms with Gasteiger partial charge in [-0.15, -0.1) is 0 Å². The van der Waals surface area contributed by atoms with Crippen LogP contribution < -0.4 is 9.64 Å². The van der Waals surface area contributed by atoms with E-state index >= 15 is 0 Å². The Kier molecular flexibility index (Phi) is 4.18. The molecule has 2 aromatic carbocycles. The van der Waals surface area contributed by atoms with Crippen LogP contribution in [0, 0.1) is 0 Å². The van der Waals surface area contributed by atoms with Gasteiger partial charge in [-0.25, -0.2) is 0 Å². The monoisotopic (exact) mass is 351 g/mol. The Morgan fingerprint density at radius 2 is 2.05 bits per heavy atom. The summed E-state index contributed by atoms with van der Waals surface area (Å²) < 4.78 is 5.79. The van der Waals surface area contributed by atoms with E-state index in [-0.39, 0.29) is 0 Å². The Labute approximate surface area is 132 Å². The minimum Gasteiger partial charge on any atom is -0.491 e. The van der Waals surface area contributed by atoms with Gasteiger partial charge in [-0.3, -0.25) is 0 Å². The second-order valence-electron chi connectivity index (χ2n) is 4.79. The number of ether oxygens (including phenoxy) is 1. The Morgan fingerprint density at radius 3 is 2.85 bits per heavy atom. The number of fused-ring (bicyclic) bond motifs is 1. The normalized spacial score (nSPS) is 14.4. The highest BCUT2D eigenvalue weighted by Gasteiger charge is 2.16. The van der Waals surface area contributed by atoms with Crippen molar-refractivity contribution in [3.63, 3.8) is 0 Å². The van der Waals surface area contributed by atoms with Crippen LogP contribution in [0.3, 0.4) is 0 Å². The van der Waals surface area contributed by atoms with Crippen molar-refractivity contribution >= 4 is 33.2 Å². The van der Waals surface area contributed by atoms with Gasteiger partial charge in [0.15, 0.2) is 0 Å². The Morgan fingerprint density at radius 1 is 1.20 bits per heavy atom. The van der Waals surface area contributed by atoms with E-state index in [0.717, 1.165) is 40.4 Å². The average Bonchev–Trinajstić information content (AvgIpc) is 2.69. The number of hydrogen-bond acceptors (Lipinski definition) is 2. The molecule has 2 nitrogen and oxygen atoms in total. The number of para-hydroxylation sites is 1. The lowest BCUT2D eigenvalue weighted by Crippen LogP contribution is -2.25. The average molecular weight is 353 g/mol. The lowest BCUT2D eigenvalue weighted by molar-refractivity contribution is 0.331. The van der Waals surface area contributed by atoms with E-state index < -0.39 is 0 Å². The number of benzene rings is 2. The summed E-state index contributed by atoms with van der Waals surface area (Å²) in [4.78, 5) is 2.30. The number of rotatable bonds is 2. The fourth-order valence-corrected chi connectivity index (χ4v) is 3.28. The third kappa shape index (κ3) is 2.79. The second kappa shape index (κ2) is 6.06. The molecule has 4 heteroatoms. The van der Waals surface area contributed by atoms with Gasteiger partial charge in [-0.05, 0) is 23.8 Å². The van der Waals surface area contributed by atoms with E-state index in [9.17, 15) is 0 Å². The summed E-state index contributed by atoms with van der Waals surface area (Å²) >= 11 is 9.75. The van der Waals surface area contributed by atoms with Crippen LogP contribution in [0.25, 0.3) is 0 Å². The van der Waals surface area contributed by atoms with Crippen LogP contribution in [0.15, 0.2) is 42.5 Å². The maximum atomic E-state index is 6.30. The minimum absolute atomic E-state index is 0.689. The van der Waals surface area contributed by atoms with E-state index in [0.29, 0.717) is 6.61 Å². The molecule has 0 unspecified atom stereocenters. The lowest BCUT2D eigenvalue weighted by atomic mass is 10.1. The zero-order chi connectivity index (χ0) is 13.9. The summed E-state index contributed by atoms with van der Waals surface area (Å²) in [5.74, 6) is 0.984. The lowest BCUT2D eigenvalue weighted by Gasteiger charge is -2.22. The first-order valence-electron chi connectivity index (χ1n) is 6.58. The molecule has 0 bridgehead atoms. The molecule has 0 spiro atoms. The standard InChI is InChI=1S/C16H15BrClNO/c17-10-12-5-6-14(9-15(12)18)19-7-8-20-16-4-2-1-3-13(16)11-19/h1-6,9H,7-8,10-11H2. The van der Waals surface area contributed by atoms with Crippen molar-refractivity contribution in [3.8, 4) is 5.75 Å². The number of hydrogen-bond donors (Lipinski definition) is 0. The topological polar surface area (TPSA) is 12.5 Å². The third-order valence-electron chi connectivity index (χ3n) is 3.50. The summed E-state index contributed by atoms with van der Waals surface area (Å²) in [6.07, 6.45) is 0. The van der Waals surface area contributed by atoms with E-state index in [1.54, 1.807) is 0 Å². The second-order valence-corrected chi connectivity index (χ2v) is 5.76. The molecule has 20 heavy (non-hydrogen) atoms. The molecule has 1 aliphatic rings. The zero-order valence-corrected chi connectivity index (χ0v) is 13.3. The number of halogens is 2. The SMILES string of the molecule is Clc1cc(N2CCOc3ccccc3C2)ccc1CBr. The van der Waals surface area contributed by atoms with Gasteiger partial charge in [0.05, 0.1) is 6.54 Å². The first-order valence-corrected chi connectivity index (χ1v) is 8.08. The summed E-state index contributed by atoms with van der Waals surface area (Å²) in [6.45, 7) is 2.40. The smallest absolute Gasteiger partial charge is 0.124 e. The van der Waals surface area contributed by atoms with Gasteiger partial charge in [0, 0.05) is 28.1 Å². The maximum Gasteiger partial charge on any atom is 0.124 e. The quantitative estimate of drug-likeness (QED) is 0.730. The summed E-state index contributed by atoms with van der Waals surface area (Å²) in [5, 5.41) is 1.58. The third-order valence-corrected chi connectivity index (χ3v) is 4.45. The van der Waals surface area contributed by atoms with E-state index in [1.165, 1.54) is 5.56 Å². The fourth-order valence-electron chi connectivity index (χ4n) is 2.39. The number of nitrogens with zero attached hydrogens (tertiary/aromatic N) is 1. The molecule has 1 aliphatic heterocycles. The molecule has 0 atom stereocenters. The highest BCUT2D eigenvalue weighted by atomic mass is 79.9. The highest BCUT2D eigenvalue weighted by Crippen LogP contribution is 2.29. The Hall–Kier alpha value is -1.19. The van der Waals surface area contributed by atoms with Gasteiger partial charge in [0.25, 0.3) is 0 Å². The molecule has 0 N–H and O–H groups in total. The molecule has 2 aromatic rings. The molecule has 0 aliphatic carbocycles. The van der Waals surface area contributed by atoms with Crippen molar-refractivity contribution in [2.24, 2.45) is 0 Å². The molecule has 0 saturated carbocycles. The molecular weight excluding hydrogens is 338 g/mol. The predicted octanol–water partition coefficient (Wildman–Crippen LogP) is 4.63. The molecule has 1 heterocycles. The van der Waals surface area contributed by atoms with Crippen LogP contribution in [0.4, 0.5) is 5.69 Å². The van der Waals surface area contributed by atoms with Crippen LogP contribution in [0.5, 0.6) is 5.75 Å². The zero-order valence-electron chi connectivity index (χ0n) is 11.0. The van der Waals surface area contributed by atoms with Crippen LogP contribution in [0.1, 0.15) is 11.1 Å². The van der Waals surface area contributed by atoms with Gasteiger partial charge in [0.1, 0.15) is 12.4 Å². The van der Waals surface area contributed by atoms with Gasteiger partial charge in [-0.1, -0.05) is 51.8 Å². The van der Waals surface area contributed by atoms with Crippen molar-refractivity contribution in [2.45, 2.75) is 11.9 Å². The van der Waals surface area contributed by atoms with E-state index in [4.69, 9.17) is 16.3 Å². The molecule has 0 amide bonds. The molecule has 104 valence electrons. The van der Waals surface area contributed by atoms with E-state index in [1.807, 2.05) is 24.3 Å². The summed E-state index contributed by atoms with van der Waals surface area (Å²) in [7, 11) is 0. The van der Waals surface area contributed by atoms with Crippen molar-refractivity contribution in [2.75, 3.05) is 18.1 Å². The van der Waals surface area contributed by atoms with Crippen molar-refractivity contribution in [1.29, 1.82) is 0 Å². The van der Waals surface area contributed by atoms with Crippen LogP contribution in [-0.4, -0.2) is 13.2 Å². The van der Waals surface area contributed by atoms with Crippen molar-refractivity contribution in [1.82, 2.24) is 0 Å². The van der Waals surface area contributed by atoms with Crippen molar-refractivity contribution in [3.05, 3.63) is 58.6 Å². The van der Waals surface area contributed by atoms with Crippen LogP contribution >= 0.6 is 27.5 Å². The Balaban J connectivity index is 1.89. The van der Waals surface area contributed by atoms with Gasteiger partial charge in [0.2, 0.25) is 0 Å². The molecule has 0 fully saturated rings. The number of alkyl halides is 1. The van der Waals surface area contributed by atoms with Crippen LogP contribution in [0.2, 0.25) is 5.02 Å². The Bertz CT molecular complexity index is 617. The van der Waals surface area contributed by atoms with Gasteiger partial charge >= 0.3 is 0 Å². The first kappa shape index (κ1) is 13.8. The molecule has 3 rings (SSSR count). The molecule has 0 radical (unpaired) electrons. The first-order chi connectivity index (χ1) is 9.78. The van der Waals surface area contributed by atoms with Gasteiger partial charge in [-0.2, -0.15) is 0 Å². The molecule has 0 aromatic heterocycles. The molecule has 0 saturated heterocycles. The molecular formula is C16H15BrClNO. The highest BCUT2D eigenvalue weighted by molar-refractivity contribution is 9.08. The summed E-state index contributed by atoms with van der Waals surface area (Å²) in [6, 6.07) is 14.4. The number of anilines is 1.